The van der Waals surface area contributed by atoms with Gasteiger partial charge in [0.25, 0.3) is 0 Å². The topological polar surface area (TPSA) is 102 Å². The maximum absolute atomic E-state index is 12.9. The maximum atomic E-state index is 12.9. The molecule has 1 aromatic rings. The molecule has 2 aliphatic heterocycles. The third-order valence-electron chi connectivity index (χ3n) is 5.69. The van der Waals surface area contributed by atoms with Crippen LogP contribution in [0.1, 0.15) is 30.4 Å². The highest BCUT2D eigenvalue weighted by Gasteiger charge is 2.47. The molecule has 0 bridgehead atoms. The molecule has 2 heterocycles. The zero-order valence-electron chi connectivity index (χ0n) is 19.0. The first-order chi connectivity index (χ1) is 16.0. The number of aliphatic carboxylic acids is 1. The number of carbonyl (C=O) groups excluding carboxylic acids is 1. The largest absolute Gasteiger partial charge is 0.507 e. The number of rotatable bonds is 4. The Morgan fingerprint density at radius 2 is 1.71 bits per heavy atom. The van der Waals surface area contributed by atoms with E-state index in [4.69, 9.17) is 14.6 Å². The molecule has 2 fully saturated rings. The van der Waals surface area contributed by atoms with Crippen LogP contribution in [0.5, 0.6) is 5.75 Å². The Bertz CT molecular complexity index is 890. The number of piperidine rings is 1. The molecule has 1 atom stereocenters. The summed E-state index contributed by atoms with van der Waals surface area (Å²) in [6, 6.07) is 3.50. The van der Waals surface area contributed by atoms with Crippen LogP contribution < -0.4 is 5.32 Å². The number of alkyl halides is 6. The summed E-state index contributed by atoms with van der Waals surface area (Å²) in [5.41, 5.74) is -0.640. The first-order valence-electron chi connectivity index (χ1n) is 10.6. The van der Waals surface area contributed by atoms with Gasteiger partial charge in [0, 0.05) is 46.7 Å². The number of hydrogen-bond acceptors (Lipinski definition) is 5. The second-order valence-corrected chi connectivity index (χ2v) is 8.64. The summed E-state index contributed by atoms with van der Waals surface area (Å²) in [4.78, 5) is 24.0. The minimum absolute atomic E-state index is 0.0156. The van der Waals surface area contributed by atoms with Gasteiger partial charge in [0.05, 0.1) is 17.3 Å². The van der Waals surface area contributed by atoms with E-state index in [0.717, 1.165) is 44.5 Å². The number of phenols is 1. The van der Waals surface area contributed by atoms with E-state index in [0.29, 0.717) is 18.7 Å². The molecule has 8 nitrogen and oxygen atoms in total. The Labute approximate surface area is 197 Å². The number of nitrogens with zero attached hydrogens (tertiary/aromatic N) is 2. The summed E-state index contributed by atoms with van der Waals surface area (Å²) in [7, 11) is 3.36. The van der Waals surface area contributed by atoms with Gasteiger partial charge in [-0.25, -0.2) is 9.59 Å². The van der Waals surface area contributed by atoms with Crippen LogP contribution in [0.15, 0.2) is 18.2 Å². The first-order valence-corrected chi connectivity index (χ1v) is 10.6. The molecule has 1 aromatic carbocycles. The Hall–Kier alpha value is -2.74. The van der Waals surface area contributed by atoms with E-state index >= 15 is 0 Å². The van der Waals surface area contributed by atoms with Gasteiger partial charge in [0.15, 0.2) is 0 Å². The molecule has 3 N–H and O–H groups in total. The number of ether oxygens (including phenoxy) is 1. The van der Waals surface area contributed by atoms with Crippen LogP contribution in [0.4, 0.5) is 31.1 Å². The number of carboxylic acid groups (broad SMARTS) is 1. The van der Waals surface area contributed by atoms with Crippen LogP contribution in [0.2, 0.25) is 0 Å². The average molecular weight is 515 g/mol. The summed E-state index contributed by atoms with van der Waals surface area (Å²) in [5.74, 6) is -3.50. The number of likely N-dealkylation sites (tertiary alicyclic amines) is 1. The van der Waals surface area contributed by atoms with Gasteiger partial charge in [-0.3, -0.25) is 4.90 Å². The Balaban J connectivity index is 0.000000540. The molecule has 14 heteroatoms. The van der Waals surface area contributed by atoms with E-state index in [9.17, 15) is 36.2 Å². The number of halogens is 6. The summed E-state index contributed by atoms with van der Waals surface area (Å²) in [6.45, 7) is 2.36. The number of nitrogens with one attached hydrogen (secondary N) is 1. The fourth-order valence-electron chi connectivity index (χ4n) is 3.84. The highest BCUT2D eigenvalue weighted by Crippen LogP contribution is 2.41. The van der Waals surface area contributed by atoms with Crippen LogP contribution in [-0.4, -0.2) is 83.6 Å². The third kappa shape index (κ3) is 8.16. The summed E-state index contributed by atoms with van der Waals surface area (Å²) >= 11 is 0. The van der Waals surface area contributed by atoms with Gasteiger partial charge >= 0.3 is 24.4 Å². The van der Waals surface area contributed by atoms with Crippen molar-refractivity contribution in [3.05, 3.63) is 29.3 Å². The maximum Gasteiger partial charge on any atom is 0.490 e. The lowest BCUT2D eigenvalue weighted by atomic mass is 9.80. The molecular formula is C21H27F6N3O5. The highest BCUT2D eigenvalue weighted by atomic mass is 19.4. The van der Waals surface area contributed by atoms with Gasteiger partial charge in [0.1, 0.15) is 5.75 Å². The van der Waals surface area contributed by atoms with Crippen LogP contribution in [0.3, 0.4) is 0 Å². The molecule has 0 aliphatic carbocycles. The number of carboxylic acids is 1. The van der Waals surface area contributed by atoms with Crippen molar-refractivity contribution in [2.45, 2.75) is 49.9 Å². The molecule has 1 unspecified atom stereocenters. The molecule has 198 valence electrons. The second-order valence-electron chi connectivity index (χ2n) is 8.64. The zero-order chi connectivity index (χ0) is 26.6. The van der Waals surface area contributed by atoms with Crippen molar-refractivity contribution in [2.24, 2.45) is 0 Å². The van der Waals surface area contributed by atoms with E-state index in [2.05, 4.69) is 10.2 Å². The van der Waals surface area contributed by atoms with Crippen LogP contribution in [0, 0.1) is 0 Å². The number of aromatic hydroxyl groups is 1. The fourth-order valence-corrected chi connectivity index (χ4v) is 3.84. The number of benzene rings is 1. The lowest BCUT2D eigenvalue weighted by molar-refractivity contribution is -0.222. The van der Waals surface area contributed by atoms with Gasteiger partial charge in [-0.2, -0.15) is 26.3 Å². The van der Waals surface area contributed by atoms with Gasteiger partial charge in [-0.1, -0.05) is 6.07 Å². The van der Waals surface area contributed by atoms with Crippen LogP contribution in [-0.2, 0) is 22.3 Å². The highest BCUT2D eigenvalue weighted by molar-refractivity contribution is 5.73. The van der Waals surface area contributed by atoms with E-state index in [-0.39, 0.29) is 17.7 Å². The third-order valence-corrected chi connectivity index (χ3v) is 5.69. The Morgan fingerprint density at radius 3 is 2.17 bits per heavy atom. The van der Waals surface area contributed by atoms with Crippen molar-refractivity contribution >= 4 is 12.0 Å². The minimum Gasteiger partial charge on any atom is -0.507 e. The van der Waals surface area contributed by atoms with Gasteiger partial charge in [0.2, 0.25) is 0 Å². The molecule has 0 radical (unpaired) electrons. The molecule has 35 heavy (non-hydrogen) atoms. The normalized spacial score (nSPS) is 19.8. The molecule has 3 rings (SSSR count). The Morgan fingerprint density at radius 1 is 1.17 bits per heavy atom. The van der Waals surface area contributed by atoms with Crippen LogP contribution in [0.25, 0.3) is 0 Å². The number of hydrogen-bond donors (Lipinski definition) is 3. The van der Waals surface area contributed by atoms with Crippen molar-refractivity contribution < 1.29 is 50.9 Å². The fraction of sp³-hybridized carbons (Fsp3) is 0.619. The van der Waals surface area contributed by atoms with E-state index in [1.165, 1.54) is 11.0 Å². The predicted octanol–water partition coefficient (Wildman–Crippen LogP) is 3.44. The molecular weight excluding hydrogens is 488 g/mol. The molecule has 2 saturated heterocycles. The molecule has 2 aliphatic rings. The minimum atomic E-state index is -5.08. The SMILES string of the molecule is CN(C)C(=O)NCC1CC2(CCN(Cc3ccc(O)c(C(F)(F)F)c3)CC2)O1.O=C(O)C(F)(F)F. The smallest absolute Gasteiger partial charge is 0.490 e. The standard InChI is InChI=1S/C19H26F3N3O3.C2HF3O2/c1-24(2)17(27)23-11-14-10-18(28-14)5-7-25(8-6-18)12-13-3-4-16(26)15(9-13)19(20,21)22;3-2(4,5)1(6)7/h3-4,9,14,26H,5-8,10-12H2,1-2H3,(H,23,27);(H,6,7). The quantitative estimate of drug-likeness (QED) is 0.531. The number of phenolic OH excluding ortho intramolecular Hbond substituents is 1. The van der Waals surface area contributed by atoms with Gasteiger partial charge in [-0.05, 0) is 30.5 Å². The van der Waals surface area contributed by atoms with Crippen molar-refractivity contribution in [3.8, 4) is 5.75 Å². The van der Waals surface area contributed by atoms with Crippen molar-refractivity contribution in [3.63, 3.8) is 0 Å². The summed E-state index contributed by atoms with van der Waals surface area (Å²) in [5, 5.41) is 19.4. The molecule has 2 amide bonds. The molecule has 1 spiro atoms. The number of amides is 2. The van der Waals surface area contributed by atoms with Crippen molar-refractivity contribution in [1.29, 1.82) is 0 Å². The lowest BCUT2D eigenvalue weighted by Crippen LogP contribution is -2.59. The lowest BCUT2D eigenvalue weighted by Gasteiger charge is -2.52. The zero-order valence-corrected chi connectivity index (χ0v) is 19.0. The first kappa shape index (κ1) is 28.5. The van der Waals surface area contributed by atoms with E-state index in [1.54, 1.807) is 14.1 Å². The second kappa shape index (κ2) is 10.9. The van der Waals surface area contributed by atoms with Crippen molar-refractivity contribution in [2.75, 3.05) is 33.7 Å². The summed E-state index contributed by atoms with van der Waals surface area (Å²) < 4.78 is 76.6. The molecule has 0 saturated carbocycles. The molecule has 0 aromatic heterocycles. The Kier molecular flexibility index (Phi) is 8.87. The van der Waals surface area contributed by atoms with Gasteiger partial charge < -0.3 is 25.2 Å². The van der Waals surface area contributed by atoms with Gasteiger partial charge in [-0.15, -0.1) is 0 Å². The summed E-state index contributed by atoms with van der Waals surface area (Å²) in [6.07, 6.45) is -7.12. The van der Waals surface area contributed by atoms with E-state index < -0.39 is 29.6 Å². The van der Waals surface area contributed by atoms with Crippen LogP contribution >= 0.6 is 0 Å². The number of carbonyl (C=O) groups is 2. The van der Waals surface area contributed by atoms with Crippen molar-refractivity contribution in [1.82, 2.24) is 15.1 Å². The number of urea groups is 1. The monoisotopic (exact) mass is 515 g/mol. The van der Waals surface area contributed by atoms with E-state index in [1.807, 2.05) is 0 Å². The predicted molar refractivity (Wildman–Crippen MR) is 111 cm³/mol. The average Bonchev–Trinajstić information content (AvgIpc) is 2.71.